The predicted octanol–water partition coefficient (Wildman–Crippen LogP) is 2.20. The summed E-state index contributed by atoms with van der Waals surface area (Å²) >= 11 is 0. The van der Waals surface area contributed by atoms with Gasteiger partial charge in [0.2, 0.25) is 5.88 Å². The summed E-state index contributed by atoms with van der Waals surface area (Å²) in [7, 11) is 0. The van der Waals surface area contributed by atoms with Crippen molar-refractivity contribution in [2.24, 2.45) is 5.92 Å². The Morgan fingerprint density at radius 1 is 1.50 bits per heavy atom. The van der Waals surface area contributed by atoms with E-state index in [-0.39, 0.29) is 0 Å². The summed E-state index contributed by atoms with van der Waals surface area (Å²) in [6, 6.07) is 4.39. The molecule has 3 N–H and O–H groups in total. The second kappa shape index (κ2) is 6.79. The van der Waals surface area contributed by atoms with Crippen molar-refractivity contribution in [3.63, 3.8) is 0 Å². The van der Waals surface area contributed by atoms with E-state index in [9.17, 15) is 0 Å². The molecule has 0 amide bonds. The van der Waals surface area contributed by atoms with Gasteiger partial charge in [-0.25, -0.2) is 0 Å². The van der Waals surface area contributed by atoms with Gasteiger partial charge in [-0.15, -0.1) is 0 Å². The van der Waals surface area contributed by atoms with Crippen LogP contribution >= 0.6 is 0 Å². The quantitative estimate of drug-likeness (QED) is 0.835. The number of anilines is 2. The van der Waals surface area contributed by atoms with E-state index >= 15 is 0 Å². The van der Waals surface area contributed by atoms with Gasteiger partial charge in [0.1, 0.15) is 5.82 Å². The maximum Gasteiger partial charge on any atom is 0.239 e. The summed E-state index contributed by atoms with van der Waals surface area (Å²) < 4.78 is 5.41. The second-order valence-electron chi connectivity index (χ2n) is 5.65. The topological polar surface area (TPSA) is 63.4 Å². The van der Waals surface area contributed by atoms with Crippen LogP contribution in [0.2, 0.25) is 0 Å². The van der Waals surface area contributed by atoms with E-state index in [4.69, 9.17) is 10.5 Å². The van der Waals surface area contributed by atoms with Crippen molar-refractivity contribution in [1.29, 1.82) is 0 Å². The van der Waals surface area contributed by atoms with Gasteiger partial charge in [0.05, 0.1) is 12.3 Å². The Kier molecular flexibility index (Phi) is 5.06. The summed E-state index contributed by atoms with van der Waals surface area (Å²) in [6.07, 6.45) is 1.25. The normalized spacial score (nSPS) is 19.5. The molecule has 2 heterocycles. The highest BCUT2D eigenvalue weighted by molar-refractivity contribution is 5.53. The van der Waals surface area contributed by atoms with Gasteiger partial charge in [-0.3, -0.25) is 0 Å². The number of nitrogens with one attached hydrogen (secondary N) is 1. The first-order chi connectivity index (χ1) is 9.60. The van der Waals surface area contributed by atoms with Crippen LogP contribution in [0.15, 0.2) is 12.1 Å². The van der Waals surface area contributed by atoms with Crippen molar-refractivity contribution in [3.05, 3.63) is 12.1 Å². The minimum Gasteiger partial charge on any atom is -0.476 e. The summed E-state index contributed by atoms with van der Waals surface area (Å²) in [4.78, 5) is 6.93. The average molecular weight is 278 g/mol. The van der Waals surface area contributed by atoms with Crippen molar-refractivity contribution in [3.8, 4) is 5.88 Å². The Morgan fingerprint density at radius 3 is 2.95 bits per heavy atom. The molecule has 0 saturated carbocycles. The largest absolute Gasteiger partial charge is 0.476 e. The summed E-state index contributed by atoms with van der Waals surface area (Å²) in [5.41, 5.74) is 6.41. The minimum atomic E-state index is 0.521. The van der Waals surface area contributed by atoms with E-state index < -0.39 is 0 Å². The number of likely N-dealkylation sites (tertiary alicyclic amines) is 1. The molecule has 0 radical (unpaired) electrons. The van der Waals surface area contributed by atoms with E-state index in [2.05, 4.69) is 29.0 Å². The molecule has 0 aromatic carbocycles. The third-order valence-electron chi connectivity index (χ3n) is 3.79. The average Bonchev–Trinajstić information content (AvgIpc) is 2.89. The molecule has 2 rings (SSSR count). The smallest absolute Gasteiger partial charge is 0.239 e. The molecule has 0 aliphatic carbocycles. The number of pyridine rings is 1. The molecular weight excluding hydrogens is 252 g/mol. The molecule has 1 unspecified atom stereocenters. The lowest BCUT2D eigenvalue weighted by Crippen LogP contribution is -2.29. The number of nitrogens with zero attached hydrogens (tertiary/aromatic N) is 2. The van der Waals surface area contributed by atoms with Crippen molar-refractivity contribution < 1.29 is 4.74 Å². The van der Waals surface area contributed by atoms with Crippen molar-refractivity contribution in [1.82, 2.24) is 9.88 Å². The van der Waals surface area contributed by atoms with Crippen LogP contribution in [-0.4, -0.2) is 42.2 Å². The van der Waals surface area contributed by atoms with Crippen LogP contribution in [0.5, 0.6) is 5.88 Å². The monoisotopic (exact) mass is 278 g/mol. The van der Waals surface area contributed by atoms with Crippen LogP contribution in [0.25, 0.3) is 0 Å². The van der Waals surface area contributed by atoms with E-state index in [1.165, 1.54) is 13.0 Å². The fraction of sp³-hybridized carbons (Fsp3) is 0.667. The Balaban J connectivity index is 1.87. The lowest BCUT2D eigenvalue weighted by molar-refractivity contribution is 0.266. The molecule has 1 aromatic rings. The molecular formula is C15H26N4O. The van der Waals surface area contributed by atoms with Gasteiger partial charge in [0.15, 0.2) is 0 Å². The summed E-state index contributed by atoms with van der Waals surface area (Å²) in [5, 5.41) is 3.40. The van der Waals surface area contributed by atoms with E-state index in [0.717, 1.165) is 18.9 Å². The van der Waals surface area contributed by atoms with Crippen molar-refractivity contribution in [2.75, 3.05) is 37.3 Å². The number of ether oxygens (including phenoxy) is 1. The van der Waals surface area contributed by atoms with Gasteiger partial charge in [-0.05, 0) is 51.8 Å². The molecule has 1 saturated heterocycles. The Hall–Kier alpha value is -1.49. The number of hydrogen-bond acceptors (Lipinski definition) is 5. The van der Waals surface area contributed by atoms with Crippen LogP contribution in [0.4, 0.5) is 11.5 Å². The Morgan fingerprint density at radius 2 is 2.30 bits per heavy atom. The fourth-order valence-corrected chi connectivity index (χ4v) is 2.55. The number of aromatic nitrogens is 1. The number of nitrogens with two attached hydrogens (primary N) is 1. The first kappa shape index (κ1) is 14.9. The molecule has 20 heavy (non-hydrogen) atoms. The molecule has 1 aliphatic heterocycles. The molecule has 5 nitrogen and oxygen atoms in total. The molecule has 1 atom stereocenters. The Bertz CT molecular complexity index is 436. The van der Waals surface area contributed by atoms with Gasteiger partial charge in [0, 0.05) is 19.1 Å². The highest BCUT2D eigenvalue weighted by Crippen LogP contribution is 2.22. The lowest BCUT2D eigenvalue weighted by Gasteiger charge is -2.20. The van der Waals surface area contributed by atoms with E-state index in [1.54, 1.807) is 0 Å². The zero-order valence-electron chi connectivity index (χ0n) is 12.7. The van der Waals surface area contributed by atoms with Crippen LogP contribution in [0.1, 0.15) is 27.2 Å². The maximum atomic E-state index is 5.82. The highest BCUT2D eigenvalue weighted by Gasteiger charge is 2.23. The maximum absolute atomic E-state index is 5.82. The SMILES string of the molecule is CCOc1nc(NCC2CCN(C(C)C)C2)ccc1N. The van der Waals surface area contributed by atoms with Gasteiger partial charge < -0.3 is 20.7 Å². The van der Waals surface area contributed by atoms with Crippen molar-refractivity contribution >= 4 is 11.5 Å². The first-order valence-electron chi connectivity index (χ1n) is 7.47. The Labute approximate surface area is 121 Å². The number of hydrogen-bond donors (Lipinski definition) is 2. The van der Waals surface area contributed by atoms with Gasteiger partial charge in [0.25, 0.3) is 0 Å². The van der Waals surface area contributed by atoms with Crippen molar-refractivity contribution in [2.45, 2.75) is 33.2 Å². The number of nitrogen functional groups attached to an aromatic ring is 1. The lowest BCUT2D eigenvalue weighted by atomic mass is 10.1. The molecule has 1 aromatic heterocycles. The third kappa shape index (κ3) is 3.76. The van der Waals surface area contributed by atoms with Crippen LogP contribution in [0.3, 0.4) is 0 Å². The van der Waals surface area contributed by atoms with Gasteiger partial charge in [-0.1, -0.05) is 0 Å². The second-order valence-corrected chi connectivity index (χ2v) is 5.65. The number of rotatable bonds is 6. The standard InChI is InChI=1S/C15H26N4O/c1-4-20-15-13(16)5-6-14(18-15)17-9-12-7-8-19(10-12)11(2)3/h5-6,11-12H,4,7-10,16H2,1-3H3,(H,17,18). The molecule has 1 aliphatic rings. The summed E-state index contributed by atoms with van der Waals surface area (Å²) in [5.74, 6) is 2.05. The highest BCUT2D eigenvalue weighted by atomic mass is 16.5. The van der Waals surface area contributed by atoms with Crippen LogP contribution in [-0.2, 0) is 0 Å². The molecule has 0 spiro atoms. The first-order valence-corrected chi connectivity index (χ1v) is 7.47. The zero-order chi connectivity index (χ0) is 14.5. The predicted molar refractivity (Wildman–Crippen MR) is 83.1 cm³/mol. The van der Waals surface area contributed by atoms with E-state index in [0.29, 0.717) is 30.1 Å². The van der Waals surface area contributed by atoms with Gasteiger partial charge in [-0.2, -0.15) is 4.98 Å². The van der Waals surface area contributed by atoms with Crippen LogP contribution < -0.4 is 15.8 Å². The molecule has 112 valence electrons. The molecule has 5 heteroatoms. The molecule has 0 bridgehead atoms. The third-order valence-corrected chi connectivity index (χ3v) is 3.79. The molecule has 1 fully saturated rings. The summed E-state index contributed by atoms with van der Waals surface area (Å²) in [6.45, 7) is 10.3. The minimum absolute atomic E-state index is 0.521. The zero-order valence-corrected chi connectivity index (χ0v) is 12.7. The van der Waals surface area contributed by atoms with E-state index in [1.807, 2.05) is 19.1 Å². The van der Waals surface area contributed by atoms with Gasteiger partial charge >= 0.3 is 0 Å². The fourth-order valence-electron chi connectivity index (χ4n) is 2.55. The van der Waals surface area contributed by atoms with Crippen LogP contribution in [0, 0.1) is 5.92 Å².